The first-order valence-corrected chi connectivity index (χ1v) is 6.92. The van der Waals surface area contributed by atoms with Gasteiger partial charge < -0.3 is 0 Å². The van der Waals surface area contributed by atoms with Crippen molar-refractivity contribution < 1.29 is 4.39 Å². The molecule has 0 amide bonds. The second-order valence-electron chi connectivity index (χ2n) is 4.74. The molecule has 0 atom stereocenters. The lowest BCUT2D eigenvalue weighted by atomic mass is 10.2. The van der Waals surface area contributed by atoms with Crippen molar-refractivity contribution in [3.05, 3.63) is 59.2 Å². The molecule has 0 aliphatic heterocycles. The van der Waals surface area contributed by atoms with Crippen molar-refractivity contribution in [3.63, 3.8) is 0 Å². The van der Waals surface area contributed by atoms with E-state index < -0.39 is 0 Å². The Hall–Kier alpha value is -2.38. The highest BCUT2D eigenvalue weighted by atomic mass is 35.5. The standard InChI is InChI=1S/C16H11ClFN3/c1-10-5-6-12(18)14(7-10)21-13-4-2-3-11(9-19)16(13)20-15(21)8-17/h2-7H,8H2,1H3. The first kappa shape index (κ1) is 13.6. The fourth-order valence-electron chi connectivity index (χ4n) is 2.39. The van der Waals surface area contributed by atoms with Crippen LogP contribution < -0.4 is 0 Å². The average Bonchev–Trinajstić information content (AvgIpc) is 2.88. The average molecular weight is 300 g/mol. The predicted octanol–water partition coefficient (Wildman–Crippen LogP) is 4.08. The summed E-state index contributed by atoms with van der Waals surface area (Å²) in [5.74, 6) is 0.292. The highest BCUT2D eigenvalue weighted by Gasteiger charge is 2.16. The number of fused-ring (bicyclic) bond motifs is 1. The SMILES string of the molecule is Cc1ccc(F)c(-n2c(CCl)nc3c(C#N)cccc32)c1. The van der Waals surface area contributed by atoms with Crippen LogP contribution in [0.1, 0.15) is 17.0 Å². The van der Waals surface area contributed by atoms with Crippen LogP contribution in [0.2, 0.25) is 0 Å². The van der Waals surface area contributed by atoms with Crippen LogP contribution >= 0.6 is 11.6 Å². The maximum atomic E-state index is 14.2. The maximum Gasteiger partial charge on any atom is 0.147 e. The first-order chi connectivity index (χ1) is 10.2. The monoisotopic (exact) mass is 299 g/mol. The molecule has 1 aromatic heterocycles. The van der Waals surface area contributed by atoms with Gasteiger partial charge in [-0.2, -0.15) is 5.26 Å². The molecule has 0 spiro atoms. The molecule has 3 rings (SSSR count). The van der Waals surface area contributed by atoms with Gasteiger partial charge in [-0.1, -0.05) is 12.1 Å². The number of imidazole rings is 1. The zero-order chi connectivity index (χ0) is 15.0. The van der Waals surface area contributed by atoms with E-state index in [2.05, 4.69) is 11.1 Å². The molecular formula is C16H11ClFN3. The highest BCUT2D eigenvalue weighted by molar-refractivity contribution is 6.17. The molecule has 0 radical (unpaired) electrons. The third-order valence-corrected chi connectivity index (χ3v) is 3.58. The van der Waals surface area contributed by atoms with E-state index in [0.29, 0.717) is 28.1 Å². The van der Waals surface area contributed by atoms with Crippen LogP contribution in [-0.2, 0) is 5.88 Å². The van der Waals surface area contributed by atoms with Gasteiger partial charge in [0, 0.05) is 0 Å². The van der Waals surface area contributed by atoms with Crippen LogP contribution in [0.5, 0.6) is 0 Å². The Morgan fingerprint density at radius 1 is 1.33 bits per heavy atom. The summed E-state index contributed by atoms with van der Waals surface area (Å²) in [5, 5.41) is 9.17. The molecule has 3 nitrogen and oxygen atoms in total. The molecule has 5 heteroatoms. The highest BCUT2D eigenvalue weighted by Crippen LogP contribution is 2.26. The minimum Gasteiger partial charge on any atom is -0.292 e. The number of halogens is 2. The Kier molecular flexibility index (Phi) is 3.36. The third-order valence-electron chi connectivity index (χ3n) is 3.34. The fourth-order valence-corrected chi connectivity index (χ4v) is 2.57. The van der Waals surface area contributed by atoms with E-state index >= 15 is 0 Å². The van der Waals surface area contributed by atoms with Crippen molar-refractivity contribution in [2.45, 2.75) is 12.8 Å². The molecule has 0 aliphatic rings. The molecule has 2 aromatic carbocycles. The summed E-state index contributed by atoms with van der Waals surface area (Å²) >= 11 is 5.95. The summed E-state index contributed by atoms with van der Waals surface area (Å²) in [4.78, 5) is 4.39. The minimum absolute atomic E-state index is 0.132. The van der Waals surface area contributed by atoms with Gasteiger partial charge in [0.15, 0.2) is 0 Å². The molecule has 104 valence electrons. The van der Waals surface area contributed by atoms with Gasteiger partial charge in [-0.25, -0.2) is 9.37 Å². The molecule has 3 aromatic rings. The molecule has 0 N–H and O–H groups in total. The Labute approximate surface area is 126 Å². The summed E-state index contributed by atoms with van der Waals surface area (Å²) in [5.41, 5.74) is 2.99. The molecule has 0 aliphatic carbocycles. The lowest BCUT2D eigenvalue weighted by Gasteiger charge is -2.10. The van der Waals surface area contributed by atoms with Gasteiger partial charge in [-0.3, -0.25) is 4.57 Å². The Morgan fingerprint density at radius 2 is 2.14 bits per heavy atom. The number of hydrogen-bond acceptors (Lipinski definition) is 2. The van der Waals surface area contributed by atoms with E-state index in [1.807, 2.05) is 6.92 Å². The largest absolute Gasteiger partial charge is 0.292 e. The zero-order valence-electron chi connectivity index (χ0n) is 11.3. The third kappa shape index (κ3) is 2.16. The molecule has 0 saturated carbocycles. The van der Waals surface area contributed by atoms with Crippen LogP contribution in [-0.4, -0.2) is 9.55 Å². The lowest BCUT2D eigenvalue weighted by Crippen LogP contribution is -2.02. The smallest absolute Gasteiger partial charge is 0.147 e. The number of nitrogens with zero attached hydrogens (tertiary/aromatic N) is 3. The van der Waals surface area contributed by atoms with Gasteiger partial charge in [0.2, 0.25) is 0 Å². The van der Waals surface area contributed by atoms with Crippen molar-refractivity contribution in [3.8, 4) is 11.8 Å². The van der Waals surface area contributed by atoms with Gasteiger partial charge in [0.25, 0.3) is 0 Å². The molecule has 21 heavy (non-hydrogen) atoms. The first-order valence-electron chi connectivity index (χ1n) is 6.38. The number of aromatic nitrogens is 2. The van der Waals surface area contributed by atoms with Gasteiger partial charge in [-0.15, -0.1) is 11.6 Å². The van der Waals surface area contributed by atoms with Gasteiger partial charge in [-0.05, 0) is 36.8 Å². The lowest BCUT2D eigenvalue weighted by molar-refractivity contribution is 0.617. The van der Waals surface area contributed by atoms with Gasteiger partial charge in [0.05, 0.1) is 22.6 Å². The molecule has 0 fully saturated rings. The molecule has 1 heterocycles. The quantitative estimate of drug-likeness (QED) is 0.669. The summed E-state index contributed by atoms with van der Waals surface area (Å²) in [6.45, 7) is 1.89. The second kappa shape index (κ2) is 5.19. The molecule has 0 unspecified atom stereocenters. The van der Waals surface area contributed by atoms with Crippen molar-refractivity contribution in [2.75, 3.05) is 0 Å². The molecular weight excluding hydrogens is 289 g/mol. The second-order valence-corrected chi connectivity index (χ2v) is 5.00. The van der Waals surface area contributed by atoms with Crippen molar-refractivity contribution >= 4 is 22.6 Å². The number of alkyl halides is 1. The van der Waals surface area contributed by atoms with E-state index in [4.69, 9.17) is 11.6 Å². The number of nitriles is 1. The van der Waals surface area contributed by atoms with Gasteiger partial charge >= 0.3 is 0 Å². The molecule has 0 bridgehead atoms. The van der Waals surface area contributed by atoms with Crippen LogP contribution in [0.25, 0.3) is 16.7 Å². The Morgan fingerprint density at radius 3 is 2.86 bits per heavy atom. The molecule has 0 saturated heterocycles. The van der Waals surface area contributed by atoms with Crippen LogP contribution in [0.15, 0.2) is 36.4 Å². The fraction of sp³-hybridized carbons (Fsp3) is 0.125. The van der Waals surface area contributed by atoms with Crippen molar-refractivity contribution in [2.24, 2.45) is 0 Å². The van der Waals surface area contributed by atoms with Crippen molar-refractivity contribution in [1.29, 1.82) is 5.26 Å². The predicted molar refractivity (Wildman–Crippen MR) is 80.0 cm³/mol. The Bertz CT molecular complexity index is 877. The van der Waals surface area contributed by atoms with Crippen LogP contribution in [0.4, 0.5) is 4.39 Å². The maximum absolute atomic E-state index is 14.2. The van der Waals surface area contributed by atoms with E-state index in [1.165, 1.54) is 6.07 Å². The zero-order valence-corrected chi connectivity index (χ0v) is 12.0. The number of para-hydroxylation sites is 1. The van der Waals surface area contributed by atoms with E-state index in [0.717, 1.165) is 5.56 Å². The van der Waals surface area contributed by atoms with E-state index in [9.17, 15) is 9.65 Å². The number of benzene rings is 2. The number of rotatable bonds is 2. The number of aryl methyl sites for hydroxylation is 1. The summed E-state index contributed by atoms with van der Waals surface area (Å²) in [6.07, 6.45) is 0. The summed E-state index contributed by atoms with van der Waals surface area (Å²) in [6, 6.07) is 12.2. The van der Waals surface area contributed by atoms with E-state index in [-0.39, 0.29) is 11.7 Å². The topological polar surface area (TPSA) is 41.6 Å². The number of hydrogen-bond donors (Lipinski definition) is 0. The van der Waals surface area contributed by atoms with Crippen LogP contribution in [0.3, 0.4) is 0 Å². The summed E-state index contributed by atoms with van der Waals surface area (Å²) in [7, 11) is 0. The van der Waals surface area contributed by atoms with Crippen molar-refractivity contribution in [1.82, 2.24) is 9.55 Å². The van der Waals surface area contributed by atoms with Crippen LogP contribution in [0, 0.1) is 24.1 Å². The summed E-state index contributed by atoms with van der Waals surface area (Å²) < 4.78 is 15.9. The minimum atomic E-state index is -0.353. The normalized spacial score (nSPS) is 10.8. The van der Waals surface area contributed by atoms with Gasteiger partial charge in [0.1, 0.15) is 23.2 Å². The van der Waals surface area contributed by atoms with E-state index in [1.54, 1.807) is 34.9 Å². The Balaban J connectivity index is 2.42.